The van der Waals surface area contributed by atoms with Crippen LogP contribution in [0, 0.1) is 11.8 Å². The molecule has 2 nitrogen and oxygen atoms in total. The molecule has 1 saturated carbocycles. The van der Waals surface area contributed by atoms with E-state index in [0.29, 0.717) is 0 Å². The van der Waals surface area contributed by atoms with E-state index >= 15 is 0 Å². The van der Waals surface area contributed by atoms with Crippen LogP contribution < -0.4 is 0 Å². The Morgan fingerprint density at radius 3 is 1.19 bits per heavy atom. The van der Waals surface area contributed by atoms with Crippen molar-refractivity contribution in [3.63, 3.8) is 0 Å². The number of likely N-dealkylation sites (tertiary alicyclic amines) is 2. The van der Waals surface area contributed by atoms with Crippen molar-refractivity contribution in [3.05, 3.63) is 0 Å². The maximum Gasteiger partial charge on any atom is 0.0120 e. The highest BCUT2D eigenvalue weighted by molar-refractivity contribution is 4.84. The maximum atomic E-state index is 2.71. The molecule has 0 spiro atoms. The third-order valence-electron chi connectivity index (χ3n) is 8.04. The van der Waals surface area contributed by atoms with Gasteiger partial charge in [-0.1, -0.05) is 51.4 Å². The predicted octanol–water partition coefficient (Wildman–Crippen LogP) is 6.10. The Morgan fingerprint density at radius 1 is 0.423 bits per heavy atom. The van der Waals surface area contributed by atoms with E-state index < -0.39 is 0 Å². The summed E-state index contributed by atoms with van der Waals surface area (Å²) in [5.41, 5.74) is 0. The van der Waals surface area contributed by atoms with Crippen molar-refractivity contribution in [3.8, 4) is 0 Å². The lowest BCUT2D eigenvalue weighted by atomic mass is 9.81. The number of hydrogen-bond acceptors (Lipinski definition) is 2. The van der Waals surface area contributed by atoms with Gasteiger partial charge in [-0.05, 0) is 90.4 Å². The summed E-state index contributed by atoms with van der Waals surface area (Å²) >= 11 is 0. The fraction of sp³-hybridized carbons (Fsp3) is 1.00. The second kappa shape index (κ2) is 11.1. The van der Waals surface area contributed by atoms with Crippen molar-refractivity contribution in [1.82, 2.24) is 9.80 Å². The molecule has 0 aromatic heterocycles. The third kappa shape index (κ3) is 5.96. The molecule has 1 aliphatic carbocycles. The normalized spacial score (nSPS) is 37.6. The van der Waals surface area contributed by atoms with E-state index in [1.165, 1.54) is 116 Å². The number of nitrogens with zero attached hydrogens (tertiary/aromatic N) is 2. The summed E-state index contributed by atoms with van der Waals surface area (Å²) in [5.74, 6) is 1.99. The first-order chi connectivity index (χ1) is 12.8. The fourth-order valence-corrected chi connectivity index (χ4v) is 6.45. The largest absolute Gasteiger partial charge is 0.303 e. The first-order valence-electron chi connectivity index (χ1n) is 12.2. The fourth-order valence-electron chi connectivity index (χ4n) is 6.45. The SMILES string of the molecule is CN1CCC[C@@H]2CCCCCC[C@@H]3[C@@H](CCCCCC[C@H]21)CCCN3C. The van der Waals surface area contributed by atoms with E-state index in [9.17, 15) is 0 Å². The second-order valence-electron chi connectivity index (χ2n) is 9.88. The zero-order valence-corrected chi connectivity index (χ0v) is 17.9. The molecule has 2 heteroatoms. The van der Waals surface area contributed by atoms with E-state index in [1.54, 1.807) is 0 Å². The molecule has 0 aromatic rings. The van der Waals surface area contributed by atoms with Crippen LogP contribution >= 0.6 is 0 Å². The van der Waals surface area contributed by atoms with Gasteiger partial charge in [0, 0.05) is 12.1 Å². The van der Waals surface area contributed by atoms with Gasteiger partial charge >= 0.3 is 0 Å². The minimum absolute atomic E-state index is 0.896. The third-order valence-corrected chi connectivity index (χ3v) is 8.04. The Labute approximate surface area is 164 Å². The van der Waals surface area contributed by atoms with E-state index in [2.05, 4.69) is 23.9 Å². The van der Waals surface area contributed by atoms with Crippen LogP contribution in [0.25, 0.3) is 0 Å². The van der Waals surface area contributed by atoms with Gasteiger partial charge in [-0.2, -0.15) is 0 Å². The van der Waals surface area contributed by atoms with Crippen LogP contribution in [0.15, 0.2) is 0 Å². The van der Waals surface area contributed by atoms with Crippen molar-refractivity contribution in [2.24, 2.45) is 11.8 Å². The molecule has 0 bridgehead atoms. The van der Waals surface area contributed by atoms with Crippen molar-refractivity contribution in [2.75, 3.05) is 27.2 Å². The summed E-state index contributed by atoms with van der Waals surface area (Å²) < 4.78 is 0. The molecule has 3 rings (SSSR count). The van der Waals surface area contributed by atoms with Gasteiger partial charge in [0.05, 0.1) is 0 Å². The second-order valence-corrected chi connectivity index (χ2v) is 9.88. The monoisotopic (exact) mass is 362 g/mol. The van der Waals surface area contributed by atoms with Gasteiger partial charge in [-0.25, -0.2) is 0 Å². The highest BCUT2D eigenvalue weighted by Gasteiger charge is 2.29. The average Bonchev–Trinajstić information content (AvgIpc) is 2.63. The molecular weight excluding hydrogens is 316 g/mol. The van der Waals surface area contributed by atoms with Gasteiger partial charge in [0.1, 0.15) is 0 Å². The molecule has 152 valence electrons. The molecule has 2 heterocycles. The van der Waals surface area contributed by atoms with Gasteiger partial charge in [0.15, 0.2) is 0 Å². The lowest BCUT2D eigenvalue weighted by Crippen LogP contribution is -2.43. The summed E-state index contributed by atoms with van der Waals surface area (Å²) in [5, 5.41) is 0. The standard InChI is InChI=1S/C24H46N2/c1-25-19-11-15-21-13-7-4-6-10-18-24-22(16-12-20-26(24)2)14-8-3-5-9-17-23(21)25/h21-24H,3-20H2,1-2H3/t21-,22-,23+,24+/m0/s1. The van der Waals surface area contributed by atoms with Crippen LogP contribution in [0.1, 0.15) is 103 Å². The molecule has 2 aliphatic heterocycles. The van der Waals surface area contributed by atoms with E-state index in [1.807, 2.05) is 0 Å². The molecule has 0 amide bonds. The Balaban J connectivity index is 1.52. The number of rotatable bonds is 0. The Bertz CT molecular complexity index is 346. The van der Waals surface area contributed by atoms with E-state index in [4.69, 9.17) is 0 Å². The lowest BCUT2D eigenvalue weighted by Gasteiger charge is -2.40. The summed E-state index contributed by atoms with van der Waals surface area (Å²) in [6.07, 6.45) is 23.6. The Hall–Kier alpha value is -0.0800. The van der Waals surface area contributed by atoms with E-state index in [-0.39, 0.29) is 0 Å². The maximum absolute atomic E-state index is 2.71. The quantitative estimate of drug-likeness (QED) is 0.513. The number of piperidine rings is 2. The zero-order valence-electron chi connectivity index (χ0n) is 17.9. The number of hydrogen-bond donors (Lipinski definition) is 0. The molecule has 4 atom stereocenters. The van der Waals surface area contributed by atoms with E-state index in [0.717, 1.165) is 23.9 Å². The minimum atomic E-state index is 0.896. The van der Waals surface area contributed by atoms with Gasteiger partial charge in [0.2, 0.25) is 0 Å². The molecule has 0 radical (unpaired) electrons. The summed E-state index contributed by atoms with van der Waals surface area (Å²) in [4.78, 5) is 5.42. The smallest absolute Gasteiger partial charge is 0.0120 e. The van der Waals surface area contributed by atoms with Crippen molar-refractivity contribution >= 4 is 0 Å². The van der Waals surface area contributed by atoms with Crippen LogP contribution in [0.3, 0.4) is 0 Å². The first-order valence-corrected chi connectivity index (χ1v) is 12.2. The first kappa shape index (κ1) is 20.6. The molecule has 0 aromatic carbocycles. The van der Waals surface area contributed by atoms with Crippen molar-refractivity contribution in [2.45, 2.75) is 115 Å². The summed E-state index contributed by atoms with van der Waals surface area (Å²) in [6, 6.07) is 1.79. The lowest BCUT2D eigenvalue weighted by molar-refractivity contribution is 0.0972. The van der Waals surface area contributed by atoms with Gasteiger partial charge in [-0.3, -0.25) is 0 Å². The molecular formula is C24H46N2. The topological polar surface area (TPSA) is 6.48 Å². The minimum Gasteiger partial charge on any atom is -0.303 e. The van der Waals surface area contributed by atoms with Crippen molar-refractivity contribution < 1.29 is 0 Å². The molecule has 0 unspecified atom stereocenters. The van der Waals surface area contributed by atoms with Gasteiger partial charge in [0.25, 0.3) is 0 Å². The van der Waals surface area contributed by atoms with Crippen molar-refractivity contribution in [1.29, 1.82) is 0 Å². The highest BCUT2D eigenvalue weighted by Crippen LogP contribution is 2.33. The van der Waals surface area contributed by atoms with Crippen LogP contribution in [0.2, 0.25) is 0 Å². The number of fused-ring (bicyclic) bond motifs is 2. The molecule has 3 fully saturated rings. The summed E-state index contributed by atoms with van der Waals surface area (Å²) in [6.45, 7) is 2.69. The van der Waals surface area contributed by atoms with Crippen LogP contribution in [0.4, 0.5) is 0 Å². The molecule has 0 N–H and O–H groups in total. The van der Waals surface area contributed by atoms with Crippen LogP contribution in [-0.2, 0) is 0 Å². The van der Waals surface area contributed by atoms with Gasteiger partial charge in [-0.15, -0.1) is 0 Å². The van der Waals surface area contributed by atoms with Gasteiger partial charge < -0.3 is 9.80 Å². The predicted molar refractivity (Wildman–Crippen MR) is 114 cm³/mol. The van der Waals surface area contributed by atoms with Crippen LogP contribution in [-0.4, -0.2) is 49.1 Å². The summed E-state index contributed by atoms with van der Waals surface area (Å²) in [7, 11) is 4.80. The molecule has 2 saturated heterocycles. The molecule has 26 heavy (non-hydrogen) atoms. The van der Waals surface area contributed by atoms with Crippen LogP contribution in [0.5, 0.6) is 0 Å². The Kier molecular flexibility index (Phi) is 8.78. The molecule has 3 aliphatic rings. The highest BCUT2D eigenvalue weighted by atomic mass is 15.1. The zero-order chi connectivity index (χ0) is 18.2. The Morgan fingerprint density at radius 2 is 0.769 bits per heavy atom. The average molecular weight is 363 g/mol.